The Balaban J connectivity index is 1.68. The molecule has 2 N–H and O–H groups in total. The molecular formula is C28H22BrN3O9. The van der Waals surface area contributed by atoms with Gasteiger partial charge in [-0.1, -0.05) is 30.3 Å². The summed E-state index contributed by atoms with van der Waals surface area (Å²) < 4.78 is 21.7. The Hall–Kier alpha value is -5.17. The molecule has 0 aliphatic heterocycles. The fourth-order valence-electron chi connectivity index (χ4n) is 3.73. The Morgan fingerprint density at radius 3 is 2.22 bits per heavy atom. The number of nitrogens with zero attached hydrogens (tertiary/aromatic N) is 1. The first-order valence-corrected chi connectivity index (χ1v) is 12.6. The molecule has 1 heterocycles. The van der Waals surface area contributed by atoms with Gasteiger partial charge in [0.1, 0.15) is 0 Å². The van der Waals surface area contributed by atoms with Crippen LogP contribution >= 0.6 is 15.9 Å². The molecule has 1 unspecified atom stereocenters. The SMILES string of the molecule is COc1cc(NC(=O)c2ccco2)c(C(=O)OC(C(=O)Nc2ccc([N+](=O)[O-])cc2Br)c2ccccc2)cc1OC. The molecule has 41 heavy (non-hydrogen) atoms. The fourth-order valence-corrected chi connectivity index (χ4v) is 4.20. The number of benzene rings is 3. The summed E-state index contributed by atoms with van der Waals surface area (Å²) in [6.45, 7) is 0. The van der Waals surface area contributed by atoms with E-state index < -0.39 is 28.8 Å². The average molecular weight is 624 g/mol. The Bertz CT molecular complexity index is 1590. The topological polar surface area (TPSA) is 159 Å². The molecule has 0 saturated heterocycles. The van der Waals surface area contributed by atoms with Crippen molar-refractivity contribution in [2.24, 2.45) is 0 Å². The van der Waals surface area contributed by atoms with Gasteiger partial charge >= 0.3 is 5.97 Å². The number of nitro benzene ring substituents is 1. The van der Waals surface area contributed by atoms with E-state index in [0.717, 1.165) is 0 Å². The number of halogens is 1. The van der Waals surface area contributed by atoms with Gasteiger partial charge in [0.05, 0.1) is 42.3 Å². The van der Waals surface area contributed by atoms with Crippen LogP contribution < -0.4 is 20.1 Å². The number of carbonyl (C=O) groups excluding carboxylic acids is 3. The monoisotopic (exact) mass is 623 g/mol. The van der Waals surface area contributed by atoms with E-state index in [1.54, 1.807) is 30.3 Å². The van der Waals surface area contributed by atoms with E-state index in [9.17, 15) is 24.5 Å². The van der Waals surface area contributed by atoms with Gasteiger partial charge in [0.15, 0.2) is 17.3 Å². The second-order valence-corrected chi connectivity index (χ2v) is 9.15. The number of nitro groups is 1. The Labute approximate surface area is 241 Å². The summed E-state index contributed by atoms with van der Waals surface area (Å²) in [6.07, 6.45) is -0.127. The van der Waals surface area contributed by atoms with Gasteiger partial charge in [0.25, 0.3) is 17.5 Å². The third kappa shape index (κ3) is 6.70. The zero-order chi connectivity index (χ0) is 29.5. The number of esters is 1. The van der Waals surface area contributed by atoms with Crippen molar-refractivity contribution in [2.45, 2.75) is 6.10 Å². The van der Waals surface area contributed by atoms with Crippen LogP contribution in [0.5, 0.6) is 11.5 Å². The second-order valence-electron chi connectivity index (χ2n) is 8.29. The van der Waals surface area contributed by atoms with Crippen LogP contribution in [0.15, 0.2) is 87.9 Å². The summed E-state index contributed by atoms with van der Waals surface area (Å²) in [4.78, 5) is 50.2. The van der Waals surface area contributed by atoms with Crippen molar-refractivity contribution in [1.82, 2.24) is 0 Å². The molecule has 0 spiro atoms. The minimum absolute atomic E-state index is 0.00526. The Kier molecular flexibility index (Phi) is 8.99. The number of rotatable bonds is 10. The lowest BCUT2D eigenvalue weighted by Crippen LogP contribution is -2.26. The number of nitrogens with one attached hydrogen (secondary N) is 2. The maximum atomic E-state index is 13.6. The lowest BCUT2D eigenvalue weighted by molar-refractivity contribution is -0.384. The van der Waals surface area contributed by atoms with E-state index in [0.29, 0.717) is 5.56 Å². The Morgan fingerprint density at radius 1 is 0.902 bits per heavy atom. The second kappa shape index (κ2) is 12.8. The van der Waals surface area contributed by atoms with Crippen molar-refractivity contribution in [3.8, 4) is 11.5 Å². The third-order valence-electron chi connectivity index (χ3n) is 5.72. The highest BCUT2D eigenvalue weighted by Crippen LogP contribution is 2.35. The predicted molar refractivity (Wildman–Crippen MR) is 150 cm³/mol. The van der Waals surface area contributed by atoms with Crippen LogP contribution in [0.3, 0.4) is 0 Å². The van der Waals surface area contributed by atoms with Crippen molar-refractivity contribution in [1.29, 1.82) is 0 Å². The maximum absolute atomic E-state index is 13.6. The van der Waals surface area contributed by atoms with E-state index in [1.807, 2.05) is 0 Å². The molecule has 0 fully saturated rings. The number of furan rings is 1. The number of ether oxygens (including phenoxy) is 3. The van der Waals surface area contributed by atoms with E-state index in [1.165, 1.54) is 62.9 Å². The van der Waals surface area contributed by atoms with Gasteiger partial charge in [0.2, 0.25) is 6.10 Å². The minimum Gasteiger partial charge on any atom is -0.493 e. The van der Waals surface area contributed by atoms with Crippen molar-refractivity contribution in [3.63, 3.8) is 0 Å². The molecule has 12 nitrogen and oxygen atoms in total. The van der Waals surface area contributed by atoms with Crippen molar-refractivity contribution in [2.75, 3.05) is 24.9 Å². The molecule has 1 atom stereocenters. The van der Waals surface area contributed by atoms with Crippen LogP contribution in [0.2, 0.25) is 0 Å². The summed E-state index contributed by atoms with van der Waals surface area (Å²) in [5, 5.41) is 16.3. The van der Waals surface area contributed by atoms with E-state index >= 15 is 0 Å². The molecule has 4 aromatic rings. The molecule has 0 aliphatic rings. The lowest BCUT2D eigenvalue weighted by atomic mass is 10.1. The molecule has 1 aromatic heterocycles. The number of carbonyl (C=O) groups is 3. The summed E-state index contributed by atoms with van der Waals surface area (Å²) in [5.41, 5.74) is 0.263. The number of hydrogen-bond acceptors (Lipinski definition) is 9. The third-order valence-corrected chi connectivity index (χ3v) is 6.38. The van der Waals surface area contributed by atoms with Crippen LogP contribution in [-0.4, -0.2) is 36.9 Å². The van der Waals surface area contributed by atoms with Crippen LogP contribution in [0.25, 0.3) is 0 Å². The summed E-state index contributed by atoms with van der Waals surface area (Å²) >= 11 is 3.21. The molecule has 3 aromatic carbocycles. The normalized spacial score (nSPS) is 11.2. The van der Waals surface area contributed by atoms with Crippen LogP contribution in [-0.2, 0) is 9.53 Å². The first-order chi connectivity index (χ1) is 19.7. The Morgan fingerprint density at radius 2 is 1.61 bits per heavy atom. The highest BCUT2D eigenvalue weighted by molar-refractivity contribution is 9.10. The van der Waals surface area contributed by atoms with Crippen LogP contribution in [0.1, 0.15) is 32.6 Å². The summed E-state index contributed by atoms with van der Waals surface area (Å²) in [5.74, 6) is -1.95. The van der Waals surface area contributed by atoms with Gasteiger partial charge in [0, 0.05) is 34.3 Å². The smallest absolute Gasteiger partial charge is 0.341 e. The van der Waals surface area contributed by atoms with Gasteiger partial charge in [-0.25, -0.2) is 4.79 Å². The number of anilines is 2. The highest BCUT2D eigenvalue weighted by Gasteiger charge is 2.29. The number of hydrogen-bond donors (Lipinski definition) is 2. The highest BCUT2D eigenvalue weighted by atomic mass is 79.9. The number of amides is 2. The number of methoxy groups -OCH3 is 2. The quantitative estimate of drug-likeness (QED) is 0.127. The molecule has 2 amide bonds. The van der Waals surface area contributed by atoms with E-state index in [-0.39, 0.29) is 44.4 Å². The summed E-state index contributed by atoms with van der Waals surface area (Å²) in [7, 11) is 2.76. The zero-order valence-electron chi connectivity index (χ0n) is 21.6. The minimum atomic E-state index is -1.45. The fraction of sp³-hybridized carbons (Fsp3) is 0.107. The van der Waals surface area contributed by atoms with Crippen molar-refractivity contribution in [3.05, 3.63) is 111 Å². The molecule has 0 saturated carbocycles. The molecule has 0 bridgehead atoms. The molecule has 210 valence electrons. The van der Waals surface area contributed by atoms with Crippen LogP contribution in [0.4, 0.5) is 17.1 Å². The van der Waals surface area contributed by atoms with Crippen molar-refractivity contribution < 1.29 is 37.9 Å². The molecule has 0 aliphatic carbocycles. The maximum Gasteiger partial charge on any atom is 0.341 e. The van der Waals surface area contributed by atoms with Crippen molar-refractivity contribution >= 4 is 50.8 Å². The van der Waals surface area contributed by atoms with Gasteiger partial charge in [-0.2, -0.15) is 0 Å². The largest absolute Gasteiger partial charge is 0.493 e. The summed E-state index contributed by atoms with van der Waals surface area (Å²) in [6, 6.07) is 17.7. The van der Waals surface area contributed by atoms with Gasteiger partial charge < -0.3 is 29.3 Å². The molecule has 13 heteroatoms. The van der Waals surface area contributed by atoms with Gasteiger partial charge in [-0.05, 0) is 34.1 Å². The first kappa shape index (κ1) is 28.8. The van der Waals surface area contributed by atoms with E-state index in [4.69, 9.17) is 18.6 Å². The average Bonchev–Trinajstić information content (AvgIpc) is 3.52. The molecular weight excluding hydrogens is 602 g/mol. The lowest BCUT2D eigenvalue weighted by Gasteiger charge is -2.20. The first-order valence-electron chi connectivity index (χ1n) is 11.8. The zero-order valence-corrected chi connectivity index (χ0v) is 23.2. The van der Waals surface area contributed by atoms with Crippen LogP contribution in [0, 0.1) is 10.1 Å². The van der Waals surface area contributed by atoms with Gasteiger partial charge in [-0.3, -0.25) is 19.7 Å². The predicted octanol–water partition coefficient (Wildman–Crippen LogP) is 5.76. The number of non-ortho nitro benzene ring substituents is 1. The molecule has 0 radical (unpaired) electrons. The van der Waals surface area contributed by atoms with E-state index in [2.05, 4.69) is 26.6 Å². The van der Waals surface area contributed by atoms with Gasteiger partial charge in [-0.15, -0.1) is 0 Å². The standard InChI is InChI=1S/C28H22BrN3O9/c1-38-23-14-18(21(15-24(23)39-2)31-26(33)22-9-6-12-40-22)28(35)41-25(16-7-4-3-5-8-16)27(34)30-20-11-10-17(32(36)37)13-19(20)29/h3-15,25H,1-2H3,(H,30,34)(H,31,33). The molecule has 4 rings (SSSR count).